The average Bonchev–Trinajstić information content (AvgIpc) is 1.65. The van der Waals surface area contributed by atoms with Crippen molar-refractivity contribution in [3.05, 3.63) is 340 Å². The van der Waals surface area contributed by atoms with Gasteiger partial charge < -0.3 is 4.57 Å². The molecule has 4 heterocycles. The first-order valence-electron chi connectivity index (χ1n) is 32.5. The Morgan fingerprint density at radius 3 is 0.979 bits per heavy atom. The van der Waals surface area contributed by atoms with Gasteiger partial charge in [0.2, 0.25) is 0 Å². The van der Waals surface area contributed by atoms with Crippen molar-refractivity contribution in [1.82, 2.24) is 19.5 Å². The van der Waals surface area contributed by atoms with Crippen molar-refractivity contribution in [2.24, 2.45) is 0 Å². The maximum atomic E-state index is 5.45. The lowest BCUT2D eigenvalue weighted by atomic mass is 9.92. The van der Waals surface area contributed by atoms with Crippen LogP contribution in [0.1, 0.15) is 0 Å². The molecule has 4 aromatic heterocycles. The Hall–Kier alpha value is -12.6. The van der Waals surface area contributed by atoms with E-state index in [1.807, 2.05) is 6.20 Å². The van der Waals surface area contributed by atoms with Gasteiger partial charge in [0.1, 0.15) is 0 Å². The minimum Gasteiger partial charge on any atom is -0.308 e. The van der Waals surface area contributed by atoms with Crippen LogP contribution in [0, 0.1) is 0 Å². The lowest BCUT2D eigenvalue weighted by Gasteiger charge is -2.15. The number of fused-ring (bicyclic) bond motifs is 21. The van der Waals surface area contributed by atoms with Crippen LogP contribution < -0.4 is 0 Å². The molecule has 4 nitrogen and oxygen atoms in total. The molecule has 0 aliphatic carbocycles. The van der Waals surface area contributed by atoms with Gasteiger partial charge >= 0.3 is 0 Å². The highest BCUT2D eigenvalue weighted by molar-refractivity contribution is 6.33. The molecule has 20 rings (SSSR count). The molecule has 16 aromatic carbocycles. The molecule has 0 radical (unpaired) electrons. The van der Waals surface area contributed by atoms with E-state index in [1.165, 1.54) is 136 Å². The summed E-state index contributed by atoms with van der Waals surface area (Å²) in [6, 6.07) is 120. The highest BCUT2D eigenvalue weighted by Gasteiger charge is 2.20. The van der Waals surface area contributed by atoms with Crippen LogP contribution in [0.4, 0.5) is 0 Å². The molecule has 0 saturated heterocycles. The van der Waals surface area contributed by atoms with Crippen LogP contribution >= 0.6 is 0 Å². The second kappa shape index (κ2) is 22.1. The molecule has 0 saturated carbocycles. The summed E-state index contributed by atoms with van der Waals surface area (Å²) in [6.45, 7) is 0. The summed E-state index contributed by atoms with van der Waals surface area (Å²) in [7, 11) is 0. The van der Waals surface area contributed by atoms with Gasteiger partial charge in [-0.1, -0.05) is 291 Å². The first-order chi connectivity index (χ1) is 47.1. The van der Waals surface area contributed by atoms with E-state index in [4.69, 9.17) is 15.0 Å². The minimum absolute atomic E-state index is 0.940. The Morgan fingerprint density at radius 1 is 0.211 bits per heavy atom. The molecule has 0 atom stereocenters. The highest BCUT2D eigenvalue weighted by Crippen LogP contribution is 2.44. The van der Waals surface area contributed by atoms with Crippen LogP contribution in [-0.2, 0) is 0 Å². The molecule has 0 unspecified atom stereocenters. The molecule has 20 aromatic rings. The average molecular weight is 1210 g/mol. The van der Waals surface area contributed by atoms with Gasteiger partial charge in [-0.25, -0.2) is 9.97 Å². The van der Waals surface area contributed by atoms with E-state index in [2.05, 4.69) is 338 Å². The predicted molar refractivity (Wildman–Crippen MR) is 403 cm³/mol. The topological polar surface area (TPSA) is 43.6 Å². The highest BCUT2D eigenvalue weighted by atomic mass is 15.0. The molecule has 0 spiro atoms. The summed E-state index contributed by atoms with van der Waals surface area (Å²) in [6.07, 6.45) is 1.98. The zero-order valence-corrected chi connectivity index (χ0v) is 51.6. The number of aromatic nitrogens is 4. The third kappa shape index (κ3) is 8.95. The van der Waals surface area contributed by atoms with Crippen LogP contribution in [0.25, 0.3) is 192 Å². The summed E-state index contributed by atoms with van der Waals surface area (Å²) >= 11 is 0. The zero-order valence-electron chi connectivity index (χ0n) is 51.6. The minimum atomic E-state index is 0.940. The summed E-state index contributed by atoms with van der Waals surface area (Å²) in [4.78, 5) is 15.8. The fraction of sp³-hybridized carbons (Fsp3) is 0. The van der Waals surface area contributed by atoms with Gasteiger partial charge in [0.15, 0.2) is 0 Å². The number of pyridine rings is 3. The first kappa shape index (κ1) is 54.1. The number of nitrogens with zero attached hydrogens (tertiary/aromatic N) is 4. The van der Waals surface area contributed by atoms with Gasteiger partial charge in [-0.2, -0.15) is 0 Å². The lowest BCUT2D eigenvalue weighted by Crippen LogP contribution is -1.95. The van der Waals surface area contributed by atoms with E-state index in [0.29, 0.717) is 0 Å². The Balaban J connectivity index is 0.000000134. The summed E-state index contributed by atoms with van der Waals surface area (Å²) in [5, 5.41) is 24.6. The molecule has 0 amide bonds. The lowest BCUT2D eigenvalue weighted by molar-refractivity contribution is 1.14. The van der Waals surface area contributed by atoms with Crippen LogP contribution in [0.15, 0.2) is 340 Å². The third-order valence-corrected chi connectivity index (χ3v) is 19.6. The quantitative estimate of drug-likeness (QED) is 0.156. The Bertz CT molecular complexity index is 6450. The number of rotatable bonds is 6. The molecule has 0 fully saturated rings. The van der Waals surface area contributed by atoms with Gasteiger partial charge in [0, 0.05) is 59.8 Å². The number of para-hydroxylation sites is 2. The maximum Gasteiger partial charge on any atom is 0.0800 e. The van der Waals surface area contributed by atoms with E-state index in [1.54, 1.807) is 0 Å². The molecule has 0 aliphatic rings. The first-order valence-corrected chi connectivity index (χ1v) is 32.5. The van der Waals surface area contributed by atoms with Gasteiger partial charge in [-0.15, -0.1) is 0 Å². The van der Waals surface area contributed by atoms with Crippen molar-refractivity contribution in [3.63, 3.8) is 0 Å². The summed E-state index contributed by atoms with van der Waals surface area (Å²) in [5.74, 6) is 0. The molecule has 440 valence electrons. The van der Waals surface area contributed by atoms with Gasteiger partial charge in [0.05, 0.1) is 51.0 Å². The SMILES string of the molecule is c1ccc2c(c1)c(-c1ccc(-c3ccc(-n4c5ccccc5c5ccccc54)cn3)cc1)nc1c3ccccc3c3ccccc3c21.c1ccc2cc(-c3ccc4cc(-c5ccc(-c6nc7c8ccccc8c8ccccc8c7c7ccccc67)cc5)ccc4c3)ccc2c1. The Morgan fingerprint density at radius 2 is 0.526 bits per heavy atom. The van der Waals surface area contributed by atoms with Crippen LogP contribution in [0.2, 0.25) is 0 Å². The van der Waals surface area contributed by atoms with Crippen LogP contribution in [0.3, 0.4) is 0 Å². The normalized spacial score (nSPS) is 11.8. The zero-order chi connectivity index (χ0) is 62.5. The standard InChI is InChI=1S/C47H29N.C44H27N3/c1-2-10-33-27-35(22-19-30(33)9-1)38-26-25-36-28-34(23-24-37(36)29-38)31-17-20-32(21-18-31)46-44-16-8-6-14-42(44)45-41-13-5-3-11-39(41)40-12-4-7-15-43(40)47(45)48-46;1-3-15-35-31(11-1)32-12-2-5-17-37(32)44-42(35)36-16-4-6-18-38(36)43(46-44)29-23-21-28(22-24-29)39-26-25-30(27-45-39)47-40-19-9-7-13-33(40)34-14-8-10-20-41(34)47/h1-29H;1-27H. The Kier molecular flexibility index (Phi) is 12.6. The van der Waals surface area contributed by atoms with Gasteiger partial charge in [-0.05, 0) is 129 Å². The smallest absolute Gasteiger partial charge is 0.0800 e. The van der Waals surface area contributed by atoms with E-state index in [-0.39, 0.29) is 0 Å². The van der Waals surface area contributed by atoms with Crippen molar-refractivity contribution < 1.29 is 0 Å². The monoisotopic (exact) mass is 1200 g/mol. The Labute approximate surface area is 547 Å². The molecule has 0 aliphatic heterocycles. The number of hydrogen-bond donors (Lipinski definition) is 0. The fourth-order valence-electron chi connectivity index (χ4n) is 15.1. The summed E-state index contributed by atoms with van der Waals surface area (Å²) < 4.78 is 2.30. The van der Waals surface area contributed by atoms with Crippen molar-refractivity contribution in [2.45, 2.75) is 0 Å². The summed E-state index contributed by atoms with van der Waals surface area (Å²) in [5.41, 5.74) is 16.6. The van der Waals surface area contributed by atoms with E-state index < -0.39 is 0 Å². The van der Waals surface area contributed by atoms with Crippen molar-refractivity contribution in [1.29, 1.82) is 0 Å². The third-order valence-electron chi connectivity index (χ3n) is 19.6. The molecule has 95 heavy (non-hydrogen) atoms. The molecule has 0 N–H and O–H groups in total. The second-order valence-electron chi connectivity index (χ2n) is 24.9. The predicted octanol–water partition coefficient (Wildman–Crippen LogP) is 24.5. The fourth-order valence-corrected chi connectivity index (χ4v) is 15.1. The van der Waals surface area contributed by atoms with Crippen molar-refractivity contribution in [2.75, 3.05) is 0 Å². The molecule has 0 bridgehead atoms. The van der Waals surface area contributed by atoms with Gasteiger partial charge in [0.25, 0.3) is 0 Å². The molecule has 4 heteroatoms. The van der Waals surface area contributed by atoms with Crippen LogP contribution in [0.5, 0.6) is 0 Å². The maximum absolute atomic E-state index is 5.45. The van der Waals surface area contributed by atoms with Crippen molar-refractivity contribution >= 4 is 130 Å². The number of benzene rings is 16. The van der Waals surface area contributed by atoms with Crippen molar-refractivity contribution in [3.8, 4) is 61.7 Å². The largest absolute Gasteiger partial charge is 0.308 e. The number of hydrogen-bond acceptors (Lipinski definition) is 3. The van der Waals surface area contributed by atoms with E-state index in [9.17, 15) is 0 Å². The van der Waals surface area contributed by atoms with Gasteiger partial charge in [-0.3, -0.25) is 4.98 Å². The van der Waals surface area contributed by atoms with E-state index >= 15 is 0 Å². The molecular formula is C91H56N4. The molecular weight excluding hydrogens is 1150 g/mol. The van der Waals surface area contributed by atoms with E-state index in [0.717, 1.165) is 55.9 Å². The second-order valence-corrected chi connectivity index (χ2v) is 24.9. The van der Waals surface area contributed by atoms with Crippen LogP contribution in [-0.4, -0.2) is 19.5 Å².